The number of ether oxygens (including phenoxy) is 1. The average Bonchev–Trinajstić information content (AvgIpc) is 3.04. The zero-order chi connectivity index (χ0) is 20.5. The summed E-state index contributed by atoms with van der Waals surface area (Å²) in [5.74, 6) is 0.383. The highest BCUT2D eigenvalue weighted by Crippen LogP contribution is 2.24. The van der Waals surface area contributed by atoms with Crippen LogP contribution in [0.4, 0.5) is 0 Å². The molecule has 4 rings (SSSR count). The van der Waals surface area contributed by atoms with Crippen LogP contribution in [0.3, 0.4) is 0 Å². The maximum Gasteiger partial charge on any atom is 0.269 e. The molecule has 0 aliphatic heterocycles. The third kappa shape index (κ3) is 3.36. The van der Waals surface area contributed by atoms with Crippen LogP contribution in [0.25, 0.3) is 28.2 Å². The van der Waals surface area contributed by atoms with E-state index in [-0.39, 0.29) is 11.3 Å². The highest BCUT2D eigenvalue weighted by atomic mass is 16.5. The molecule has 8 nitrogen and oxygen atoms in total. The molecule has 8 heteroatoms. The van der Waals surface area contributed by atoms with Crippen LogP contribution in [0.1, 0.15) is 23.0 Å². The predicted molar refractivity (Wildman–Crippen MR) is 109 cm³/mol. The number of carbonyl (C=O) groups is 1. The Morgan fingerprint density at radius 2 is 1.83 bits per heavy atom. The number of aromatic nitrogens is 4. The molecular weight excluding hydrogens is 368 g/mol. The van der Waals surface area contributed by atoms with E-state index in [9.17, 15) is 4.79 Å². The van der Waals surface area contributed by atoms with Crippen LogP contribution in [0.5, 0.6) is 5.75 Å². The highest BCUT2D eigenvalue weighted by molar-refractivity contribution is 6.02. The smallest absolute Gasteiger partial charge is 0.269 e. The van der Waals surface area contributed by atoms with Crippen LogP contribution in [-0.4, -0.2) is 32.0 Å². The number of nitrogens with two attached hydrogens (primary N) is 1. The van der Waals surface area contributed by atoms with Gasteiger partial charge in [-0.1, -0.05) is 17.7 Å². The van der Waals surface area contributed by atoms with E-state index in [1.807, 2.05) is 62.4 Å². The fourth-order valence-electron chi connectivity index (χ4n) is 3.13. The Bertz CT molecular complexity index is 1250. The van der Waals surface area contributed by atoms with Gasteiger partial charge in [0.25, 0.3) is 5.91 Å². The molecule has 2 heterocycles. The van der Waals surface area contributed by atoms with Crippen molar-refractivity contribution in [2.75, 3.05) is 6.61 Å². The van der Waals surface area contributed by atoms with Crippen molar-refractivity contribution >= 4 is 17.1 Å². The Kier molecular flexibility index (Phi) is 4.59. The lowest BCUT2D eigenvalue weighted by Gasteiger charge is -2.08. The van der Waals surface area contributed by atoms with Gasteiger partial charge in [0.15, 0.2) is 17.2 Å². The number of rotatable bonds is 5. The first kappa shape index (κ1) is 18.4. The van der Waals surface area contributed by atoms with Gasteiger partial charge in [0.05, 0.1) is 12.3 Å². The first-order valence-corrected chi connectivity index (χ1v) is 9.15. The summed E-state index contributed by atoms with van der Waals surface area (Å²) < 4.78 is 7.10. The molecule has 0 aliphatic carbocycles. The second-order valence-corrected chi connectivity index (χ2v) is 6.56. The molecule has 0 saturated carbocycles. The van der Waals surface area contributed by atoms with Crippen LogP contribution < -0.4 is 16.1 Å². The van der Waals surface area contributed by atoms with Gasteiger partial charge < -0.3 is 15.5 Å². The molecule has 0 atom stereocenters. The summed E-state index contributed by atoms with van der Waals surface area (Å²) in [7, 11) is 0. The van der Waals surface area contributed by atoms with E-state index in [1.54, 1.807) is 4.57 Å². The standard InChI is InChI=1S/C21H20N6O2/c1-3-29-15-10-6-13(7-11-15)19-24-16(18(22)28)17-20(26-19)27(21(23)25-17)14-8-4-12(2)5-9-14/h4-11H,3H2,1-2H3,(H2,22,28)(H2,23,25). The second kappa shape index (κ2) is 7.23. The van der Waals surface area contributed by atoms with Crippen molar-refractivity contribution in [2.45, 2.75) is 13.8 Å². The van der Waals surface area contributed by atoms with Crippen molar-refractivity contribution in [1.82, 2.24) is 19.5 Å². The van der Waals surface area contributed by atoms with E-state index >= 15 is 0 Å². The Balaban J connectivity index is 1.95. The number of nitrogens with zero attached hydrogens (tertiary/aromatic N) is 3. The number of primary amides is 1. The molecule has 1 amide bonds. The summed E-state index contributed by atoms with van der Waals surface area (Å²) in [6, 6.07) is 15.0. The maximum absolute atomic E-state index is 12.1. The molecule has 0 bridgehead atoms. The molecule has 29 heavy (non-hydrogen) atoms. The Hall–Kier alpha value is -3.94. The number of fused-ring (bicyclic) bond motifs is 1. The maximum atomic E-state index is 12.1. The molecule has 2 aromatic carbocycles. The number of benzene rings is 2. The van der Waals surface area contributed by atoms with Gasteiger partial charge in [-0.25, -0.2) is 9.97 Å². The summed E-state index contributed by atoms with van der Waals surface area (Å²) in [6.07, 6.45) is 0. The first-order valence-electron chi connectivity index (χ1n) is 9.15. The van der Waals surface area contributed by atoms with E-state index in [1.165, 1.54) is 0 Å². The lowest BCUT2D eigenvalue weighted by atomic mass is 10.2. The van der Waals surface area contributed by atoms with Gasteiger partial charge >= 0.3 is 0 Å². The summed E-state index contributed by atoms with van der Waals surface area (Å²) >= 11 is 0. The van der Waals surface area contributed by atoms with E-state index in [2.05, 4.69) is 15.0 Å². The van der Waals surface area contributed by atoms with E-state index < -0.39 is 5.91 Å². The minimum atomic E-state index is -0.693. The monoisotopic (exact) mass is 388 g/mol. The first-order chi connectivity index (χ1) is 14.0. The second-order valence-electron chi connectivity index (χ2n) is 6.56. The molecule has 0 saturated heterocycles. The molecule has 146 valence electrons. The van der Waals surface area contributed by atoms with Crippen LogP contribution in [-0.2, 0) is 0 Å². The Morgan fingerprint density at radius 3 is 2.45 bits per heavy atom. The van der Waals surface area contributed by atoms with Gasteiger partial charge in [-0.3, -0.25) is 14.8 Å². The van der Waals surface area contributed by atoms with Gasteiger partial charge in [0.2, 0.25) is 5.62 Å². The van der Waals surface area contributed by atoms with Gasteiger partial charge in [-0.2, -0.15) is 0 Å². The number of carbonyl (C=O) groups excluding carboxylic acids is 1. The van der Waals surface area contributed by atoms with Crippen LogP contribution >= 0.6 is 0 Å². The molecule has 2 aromatic heterocycles. The molecule has 0 fully saturated rings. The number of H-pyrrole nitrogens is 1. The number of hydrogen-bond donors (Lipinski definition) is 3. The number of amides is 1. The molecule has 0 spiro atoms. The molecule has 4 N–H and O–H groups in total. The predicted octanol–water partition coefficient (Wildman–Crippen LogP) is 2.70. The minimum Gasteiger partial charge on any atom is -0.494 e. The fraction of sp³-hybridized carbons (Fsp3) is 0.143. The fourth-order valence-corrected chi connectivity index (χ4v) is 3.13. The number of aryl methyl sites for hydroxylation is 1. The van der Waals surface area contributed by atoms with Gasteiger partial charge in [0, 0.05) is 5.56 Å². The van der Waals surface area contributed by atoms with Crippen molar-refractivity contribution < 1.29 is 9.53 Å². The third-order valence-electron chi connectivity index (χ3n) is 4.52. The number of hydrogen-bond acceptors (Lipinski definition) is 5. The average molecular weight is 388 g/mol. The lowest BCUT2D eigenvalue weighted by molar-refractivity contribution is 0.0997. The SMILES string of the molecule is CCOc1ccc(-c2nc(C(N)=O)c3[nH]c(=N)n(-c4ccc(C)cc4)c3n2)cc1. The zero-order valence-electron chi connectivity index (χ0n) is 16.1. The van der Waals surface area contributed by atoms with Crippen molar-refractivity contribution in [1.29, 1.82) is 5.41 Å². The highest BCUT2D eigenvalue weighted by Gasteiger charge is 2.19. The molecular formula is C21H20N6O2. The third-order valence-corrected chi connectivity index (χ3v) is 4.52. The zero-order valence-corrected chi connectivity index (χ0v) is 16.1. The largest absolute Gasteiger partial charge is 0.494 e. The van der Waals surface area contributed by atoms with Crippen LogP contribution in [0.2, 0.25) is 0 Å². The topological polar surface area (TPSA) is 123 Å². The summed E-state index contributed by atoms with van der Waals surface area (Å²) in [5.41, 5.74) is 8.98. The van der Waals surface area contributed by atoms with Gasteiger partial charge in [-0.05, 0) is 50.2 Å². The van der Waals surface area contributed by atoms with Crippen molar-refractivity contribution in [3.8, 4) is 22.8 Å². The van der Waals surface area contributed by atoms with E-state index in [0.29, 0.717) is 29.2 Å². The number of nitrogens with one attached hydrogen (secondary N) is 2. The molecule has 0 aliphatic rings. The van der Waals surface area contributed by atoms with Crippen molar-refractivity contribution in [3.05, 3.63) is 65.4 Å². The molecule has 0 unspecified atom stereocenters. The van der Waals surface area contributed by atoms with Gasteiger partial charge in [0.1, 0.15) is 11.3 Å². The van der Waals surface area contributed by atoms with E-state index in [4.69, 9.17) is 15.9 Å². The van der Waals surface area contributed by atoms with Crippen molar-refractivity contribution in [3.63, 3.8) is 0 Å². The number of imidazole rings is 1. The lowest BCUT2D eigenvalue weighted by Crippen LogP contribution is -2.15. The van der Waals surface area contributed by atoms with E-state index in [0.717, 1.165) is 17.0 Å². The summed E-state index contributed by atoms with van der Waals surface area (Å²) in [5, 5.41) is 8.35. The number of aromatic amines is 1. The Labute approximate surface area is 166 Å². The summed E-state index contributed by atoms with van der Waals surface area (Å²) in [6.45, 7) is 4.47. The molecule has 0 radical (unpaired) electrons. The minimum absolute atomic E-state index is 0.0400. The van der Waals surface area contributed by atoms with Crippen molar-refractivity contribution in [2.24, 2.45) is 5.73 Å². The van der Waals surface area contributed by atoms with Crippen LogP contribution in [0.15, 0.2) is 48.5 Å². The quantitative estimate of drug-likeness (QED) is 0.486. The normalized spacial score (nSPS) is 11.0. The Morgan fingerprint density at radius 1 is 1.14 bits per heavy atom. The van der Waals surface area contributed by atoms with Gasteiger partial charge in [-0.15, -0.1) is 0 Å². The molecule has 4 aromatic rings. The van der Waals surface area contributed by atoms with Crippen LogP contribution in [0, 0.1) is 12.3 Å². The summed E-state index contributed by atoms with van der Waals surface area (Å²) in [4.78, 5) is 23.9.